The van der Waals surface area contributed by atoms with Crippen molar-refractivity contribution in [2.24, 2.45) is 5.41 Å². The lowest BCUT2D eigenvalue weighted by Gasteiger charge is -2.36. The third-order valence-electron chi connectivity index (χ3n) is 7.04. The van der Waals surface area contributed by atoms with Gasteiger partial charge in [-0.05, 0) is 40.5 Å². The number of aliphatic carboxylic acids is 1. The molecule has 2 unspecified atom stereocenters. The van der Waals surface area contributed by atoms with Crippen molar-refractivity contribution in [3.63, 3.8) is 0 Å². The molecule has 7 nitrogen and oxygen atoms in total. The Morgan fingerprint density at radius 2 is 1.60 bits per heavy atom. The summed E-state index contributed by atoms with van der Waals surface area (Å²) in [6.07, 6.45) is 2.14. The molecule has 1 saturated heterocycles. The van der Waals surface area contributed by atoms with E-state index in [1.807, 2.05) is 57.2 Å². The Labute approximate surface area is 206 Å². The number of likely N-dealkylation sites (tertiary alicyclic amines) is 1. The second-order valence-electron chi connectivity index (χ2n) is 10.5. The smallest absolute Gasteiger partial charge is 0.407 e. The minimum absolute atomic E-state index is 0.0843. The summed E-state index contributed by atoms with van der Waals surface area (Å²) in [5.74, 6) is -1.46. The van der Waals surface area contributed by atoms with Crippen LogP contribution in [0.3, 0.4) is 0 Å². The fraction of sp³-hybridized carbons (Fsp3) is 0.464. The summed E-state index contributed by atoms with van der Waals surface area (Å²) in [6, 6.07) is 14.4. The molecule has 1 heterocycles. The monoisotopic (exact) mass is 478 g/mol. The van der Waals surface area contributed by atoms with Crippen LogP contribution < -0.4 is 5.32 Å². The molecule has 4 rings (SSSR count). The molecule has 0 saturated carbocycles. The standard InChI is InChI=1S/C28H34N2O5/c1-28(2,3)24(25(31)30-16-10-4-5-15-23(30)26(32)33)29-27(34)35-17-22-20-13-8-6-11-18(20)19-12-7-9-14-21(19)22/h6-9,11-14,22-24H,4-5,10,15-17H2,1-3H3,(H,29,34)(H,32,33). The van der Waals surface area contributed by atoms with E-state index in [-0.39, 0.29) is 18.4 Å². The molecule has 0 aromatic heterocycles. The van der Waals surface area contributed by atoms with Crippen molar-refractivity contribution in [1.82, 2.24) is 10.2 Å². The summed E-state index contributed by atoms with van der Waals surface area (Å²) < 4.78 is 5.66. The van der Waals surface area contributed by atoms with Gasteiger partial charge in [-0.2, -0.15) is 0 Å². The molecule has 1 aliphatic carbocycles. The van der Waals surface area contributed by atoms with Gasteiger partial charge in [0.15, 0.2) is 0 Å². The number of carboxylic acid groups (broad SMARTS) is 1. The van der Waals surface area contributed by atoms with Crippen molar-refractivity contribution in [3.8, 4) is 11.1 Å². The summed E-state index contributed by atoms with van der Waals surface area (Å²) in [7, 11) is 0. The van der Waals surface area contributed by atoms with Gasteiger partial charge in [0, 0.05) is 12.5 Å². The Kier molecular flexibility index (Phi) is 7.15. The average molecular weight is 479 g/mol. The van der Waals surface area contributed by atoms with Gasteiger partial charge in [0.2, 0.25) is 5.91 Å². The molecule has 35 heavy (non-hydrogen) atoms. The molecule has 2 aromatic rings. The highest BCUT2D eigenvalue weighted by molar-refractivity contribution is 5.90. The molecule has 2 N–H and O–H groups in total. The van der Waals surface area contributed by atoms with Crippen molar-refractivity contribution in [1.29, 1.82) is 0 Å². The molecule has 7 heteroatoms. The second-order valence-corrected chi connectivity index (χ2v) is 10.5. The third-order valence-corrected chi connectivity index (χ3v) is 7.04. The first-order chi connectivity index (χ1) is 16.7. The van der Waals surface area contributed by atoms with Gasteiger partial charge in [0.1, 0.15) is 18.7 Å². The minimum atomic E-state index is -1.01. The van der Waals surface area contributed by atoms with E-state index in [1.54, 1.807) is 0 Å². The van der Waals surface area contributed by atoms with Gasteiger partial charge in [0.25, 0.3) is 0 Å². The number of ether oxygens (including phenoxy) is 1. The minimum Gasteiger partial charge on any atom is -0.480 e. The van der Waals surface area contributed by atoms with E-state index in [1.165, 1.54) is 4.90 Å². The van der Waals surface area contributed by atoms with Crippen LogP contribution in [0.5, 0.6) is 0 Å². The lowest BCUT2D eigenvalue weighted by Crippen LogP contribution is -2.58. The predicted molar refractivity (Wildman–Crippen MR) is 133 cm³/mol. The number of carbonyl (C=O) groups excluding carboxylic acids is 2. The molecule has 0 bridgehead atoms. The number of hydrogen-bond acceptors (Lipinski definition) is 4. The summed E-state index contributed by atoms with van der Waals surface area (Å²) in [4.78, 5) is 39.7. The molecule has 2 atom stereocenters. The van der Waals surface area contributed by atoms with Crippen molar-refractivity contribution in [2.75, 3.05) is 13.2 Å². The lowest BCUT2D eigenvalue weighted by atomic mass is 9.85. The number of fused-ring (bicyclic) bond motifs is 3. The van der Waals surface area contributed by atoms with E-state index in [9.17, 15) is 19.5 Å². The maximum atomic E-state index is 13.5. The molecule has 2 amide bonds. The topological polar surface area (TPSA) is 95.9 Å². The molecule has 1 fully saturated rings. The zero-order valence-corrected chi connectivity index (χ0v) is 20.6. The van der Waals surface area contributed by atoms with E-state index in [4.69, 9.17) is 4.74 Å². The molecular formula is C28H34N2O5. The van der Waals surface area contributed by atoms with Gasteiger partial charge in [-0.25, -0.2) is 9.59 Å². The van der Waals surface area contributed by atoms with Crippen LogP contribution in [0.1, 0.15) is 63.5 Å². The number of nitrogens with zero attached hydrogens (tertiary/aromatic N) is 1. The lowest BCUT2D eigenvalue weighted by molar-refractivity contribution is -0.152. The van der Waals surface area contributed by atoms with Crippen LogP contribution in [0.25, 0.3) is 11.1 Å². The van der Waals surface area contributed by atoms with E-state index in [0.29, 0.717) is 13.0 Å². The Balaban J connectivity index is 1.48. The number of rotatable bonds is 5. The normalized spacial score (nSPS) is 18.7. The predicted octanol–water partition coefficient (Wildman–Crippen LogP) is 4.80. The van der Waals surface area contributed by atoms with E-state index in [0.717, 1.165) is 41.5 Å². The highest BCUT2D eigenvalue weighted by Crippen LogP contribution is 2.44. The van der Waals surface area contributed by atoms with Crippen molar-refractivity contribution < 1.29 is 24.2 Å². The van der Waals surface area contributed by atoms with Crippen molar-refractivity contribution in [2.45, 2.75) is 64.5 Å². The van der Waals surface area contributed by atoms with Gasteiger partial charge in [-0.15, -0.1) is 0 Å². The molecule has 2 aromatic carbocycles. The number of carboxylic acids is 1. The molecule has 0 spiro atoms. The van der Waals surface area contributed by atoms with Crippen LogP contribution >= 0.6 is 0 Å². The van der Waals surface area contributed by atoms with Crippen LogP contribution in [0.15, 0.2) is 48.5 Å². The van der Waals surface area contributed by atoms with E-state index >= 15 is 0 Å². The zero-order chi connectivity index (χ0) is 25.2. The number of carbonyl (C=O) groups is 3. The summed E-state index contributed by atoms with van der Waals surface area (Å²) in [5.41, 5.74) is 3.87. The highest BCUT2D eigenvalue weighted by Gasteiger charge is 2.40. The summed E-state index contributed by atoms with van der Waals surface area (Å²) in [6.45, 7) is 6.08. The van der Waals surface area contributed by atoms with Crippen molar-refractivity contribution >= 4 is 18.0 Å². The number of alkyl carbamates (subject to hydrolysis) is 1. The van der Waals surface area contributed by atoms with Crippen LogP contribution in [-0.2, 0) is 14.3 Å². The Morgan fingerprint density at radius 3 is 2.17 bits per heavy atom. The number of benzene rings is 2. The van der Waals surface area contributed by atoms with Crippen LogP contribution in [-0.4, -0.2) is 53.2 Å². The highest BCUT2D eigenvalue weighted by atomic mass is 16.5. The first kappa shape index (κ1) is 24.8. The van der Waals surface area contributed by atoms with E-state index in [2.05, 4.69) is 17.4 Å². The van der Waals surface area contributed by atoms with Crippen molar-refractivity contribution in [3.05, 3.63) is 59.7 Å². The molecule has 1 aliphatic heterocycles. The molecular weight excluding hydrogens is 444 g/mol. The summed E-state index contributed by atoms with van der Waals surface area (Å²) >= 11 is 0. The van der Waals surface area contributed by atoms with Gasteiger partial charge < -0.3 is 20.1 Å². The Morgan fingerprint density at radius 1 is 1.00 bits per heavy atom. The Bertz CT molecular complexity index is 1060. The quantitative estimate of drug-likeness (QED) is 0.644. The van der Waals surface area contributed by atoms with Gasteiger partial charge >= 0.3 is 12.1 Å². The molecule has 186 valence electrons. The largest absolute Gasteiger partial charge is 0.480 e. The number of nitrogens with one attached hydrogen (secondary N) is 1. The zero-order valence-electron chi connectivity index (χ0n) is 20.6. The van der Waals surface area contributed by atoms with E-state index < -0.39 is 29.6 Å². The SMILES string of the molecule is CC(C)(C)C(NC(=O)OCC1c2ccccc2-c2ccccc21)C(=O)N1CCCCCC1C(=O)O. The second kappa shape index (κ2) is 10.1. The van der Waals surface area contributed by atoms with Gasteiger partial charge in [0.05, 0.1) is 0 Å². The first-order valence-electron chi connectivity index (χ1n) is 12.3. The maximum Gasteiger partial charge on any atom is 0.407 e. The first-order valence-corrected chi connectivity index (χ1v) is 12.3. The fourth-order valence-corrected chi connectivity index (χ4v) is 5.20. The third kappa shape index (κ3) is 5.19. The Hall–Kier alpha value is -3.35. The molecule has 2 aliphatic rings. The van der Waals surface area contributed by atoms with Gasteiger partial charge in [-0.1, -0.05) is 82.1 Å². The van der Waals surface area contributed by atoms with Crippen LogP contribution in [0, 0.1) is 5.41 Å². The maximum absolute atomic E-state index is 13.5. The van der Waals surface area contributed by atoms with Crippen LogP contribution in [0.2, 0.25) is 0 Å². The number of hydrogen-bond donors (Lipinski definition) is 2. The van der Waals surface area contributed by atoms with Gasteiger partial charge in [-0.3, -0.25) is 4.79 Å². The number of amides is 2. The fourth-order valence-electron chi connectivity index (χ4n) is 5.20. The van der Waals surface area contributed by atoms with Crippen LogP contribution in [0.4, 0.5) is 4.79 Å². The average Bonchev–Trinajstić information content (AvgIpc) is 2.95. The molecule has 0 radical (unpaired) electrons. The summed E-state index contributed by atoms with van der Waals surface area (Å²) in [5, 5.41) is 12.5.